The van der Waals surface area contributed by atoms with E-state index in [1.165, 1.54) is 5.56 Å². The summed E-state index contributed by atoms with van der Waals surface area (Å²) in [5.74, 6) is 1.66. The minimum absolute atomic E-state index is 0.820. The molecular weight excluding hydrogens is 430 g/mol. The molecule has 3 nitrogen and oxygen atoms in total. The number of rotatable bonds is 6. The van der Waals surface area contributed by atoms with E-state index in [0.717, 1.165) is 32.5 Å². The first-order valence-electron chi connectivity index (χ1n) is 8.92. The molecule has 4 rings (SSSR count). The molecule has 1 heterocycles. The predicted molar refractivity (Wildman–Crippen MR) is 121 cm³/mol. The summed E-state index contributed by atoms with van der Waals surface area (Å²) < 4.78 is 3.16. The van der Waals surface area contributed by atoms with Crippen LogP contribution in [-0.2, 0) is 0 Å². The lowest BCUT2D eigenvalue weighted by Gasteiger charge is -2.10. The molecule has 5 heteroatoms. The van der Waals surface area contributed by atoms with Crippen LogP contribution < -0.4 is 0 Å². The minimum Gasteiger partial charge on any atom is -0.270 e. The summed E-state index contributed by atoms with van der Waals surface area (Å²) in [5.41, 5.74) is 3.29. The van der Waals surface area contributed by atoms with Crippen molar-refractivity contribution in [2.75, 3.05) is 5.75 Å². The van der Waals surface area contributed by atoms with Crippen LogP contribution in [0.1, 0.15) is 5.56 Å². The Labute approximate surface area is 177 Å². The van der Waals surface area contributed by atoms with Crippen LogP contribution in [0, 0.1) is 0 Å². The Hall–Kier alpha value is -2.63. The van der Waals surface area contributed by atoms with Crippen LogP contribution in [0.2, 0.25) is 0 Å². The van der Waals surface area contributed by atoms with Crippen LogP contribution >= 0.6 is 27.7 Å². The van der Waals surface area contributed by atoms with Gasteiger partial charge in [0.15, 0.2) is 11.0 Å². The van der Waals surface area contributed by atoms with E-state index in [4.69, 9.17) is 0 Å². The number of nitrogens with zero attached hydrogens (tertiary/aromatic N) is 3. The molecule has 28 heavy (non-hydrogen) atoms. The summed E-state index contributed by atoms with van der Waals surface area (Å²) in [4.78, 5) is 0. The fraction of sp³-hybridized carbons (Fsp3) is 0.0435. The molecule has 0 N–H and O–H groups in total. The van der Waals surface area contributed by atoms with Gasteiger partial charge in [-0.3, -0.25) is 4.57 Å². The van der Waals surface area contributed by atoms with Crippen molar-refractivity contribution in [2.24, 2.45) is 0 Å². The molecule has 0 atom stereocenters. The lowest BCUT2D eigenvalue weighted by atomic mass is 10.2. The molecule has 0 saturated carbocycles. The largest absolute Gasteiger partial charge is 0.270 e. The lowest BCUT2D eigenvalue weighted by molar-refractivity contribution is 0.888. The topological polar surface area (TPSA) is 30.7 Å². The third-order valence-corrected chi connectivity index (χ3v) is 5.58. The Morgan fingerprint density at radius 2 is 1.50 bits per heavy atom. The zero-order valence-electron chi connectivity index (χ0n) is 15.1. The average Bonchev–Trinajstić information content (AvgIpc) is 3.17. The smallest absolute Gasteiger partial charge is 0.196 e. The van der Waals surface area contributed by atoms with Crippen molar-refractivity contribution >= 4 is 33.8 Å². The maximum Gasteiger partial charge on any atom is 0.196 e. The van der Waals surface area contributed by atoms with Gasteiger partial charge in [-0.15, -0.1) is 10.2 Å². The molecule has 138 valence electrons. The zero-order valence-corrected chi connectivity index (χ0v) is 17.5. The summed E-state index contributed by atoms with van der Waals surface area (Å²) >= 11 is 5.17. The van der Waals surface area contributed by atoms with Crippen LogP contribution in [-0.4, -0.2) is 20.5 Å². The molecule has 0 unspecified atom stereocenters. The standard InChI is InChI=1S/C23H18BrN3S/c24-20-15-13-19(14-16-20)22-25-26-23(27(22)21-11-5-2-6-12-21)28-17-7-10-18-8-3-1-4-9-18/h1-16H,17H2/b10-7+. The molecule has 0 radical (unpaired) electrons. The second-order valence-corrected chi connectivity index (χ2v) is 8.01. The molecule has 4 aromatic rings. The molecule has 0 aliphatic heterocycles. The van der Waals surface area contributed by atoms with E-state index in [-0.39, 0.29) is 0 Å². The lowest BCUT2D eigenvalue weighted by Crippen LogP contribution is -1.99. The maximum absolute atomic E-state index is 4.48. The molecule has 0 aliphatic rings. The van der Waals surface area contributed by atoms with Crippen molar-refractivity contribution in [1.29, 1.82) is 0 Å². The number of hydrogen-bond acceptors (Lipinski definition) is 3. The van der Waals surface area contributed by atoms with Crippen molar-refractivity contribution < 1.29 is 0 Å². The number of halogens is 1. The van der Waals surface area contributed by atoms with Gasteiger partial charge < -0.3 is 0 Å². The summed E-state index contributed by atoms with van der Waals surface area (Å²) in [5, 5.41) is 9.82. The van der Waals surface area contributed by atoms with E-state index >= 15 is 0 Å². The van der Waals surface area contributed by atoms with Gasteiger partial charge in [0, 0.05) is 21.5 Å². The van der Waals surface area contributed by atoms with Crippen molar-refractivity contribution in [2.45, 2.75) is 5.16 Å². The molecule has 0 fully saturated rings. The van der Waals surface area contributed by atoms with Crippen molar-refractivity contribution in [3.05, 3.63) is 101 Å². The van der Waals surface area contributed by atoms with Gasteiger partial charge >= 0.3 is 0 Å². The van der Waals surface area contributed by atoms with Crippen LogP contribution in [0.3, 0.4) is 0 Å². The fourth-order valence-corrected chi connectivity index (χ4v) is 3.86. The highest BCUT2D eigenvalue weighted by atomic mass is 79.9. The van der Waals surface area contributed by atoms with E-state index in [0.29, 0.717) is 0 Å². The van der Waals surface area contributed by atoms with Gasteiger partial charge in [-0.1, -0.05) is 101 Å². The first-order chi connectivity index (χ1) is 13.8. The van der Waals surface area contributed by atoms with Gasteiger partial charge in [-0.25, -0.2) is 0 Å². The highest BCUT2D eigenvalue weighted by Gasteiger charge is 2.15. The van der Waals surface area contributed by atoms with Gasteiger partial charge in [0.2, 0.25) is 0 Å². The number of para-hydroxylation sites is 1. The third kappa shape index (κ3) is 4.43. The predicted octanol–water partition coefficient (Wildman–Crippen LogP) is 6.50. The number of benzene rings is 3. The van der Waals surface area contributed by atoms with Crippen LogP contribution in [0.4, 0.5) is 0 Å². The van der Waals surface area contributed by atoms with Crippen LogP contribution in [0.25, 0.3) is 23.2 Å². The monoisotopic (exact) mass is 447 g/mol. The molecular formula is C23H18BrN3S. The SMILES string of the molecule is Brc1ccc(-c2nnc(SC/C=C/c3ccccc3)n2-c2ccccc2)cc1. The highest BCUT2D eigenvalue weighted by molar-refractivity contribution is 9.10. The van der Waals surface area contributed by atoms with Crippen LogP contribution in [0.15, 0.2) is 101 Å². The Morgan fingerprint density at radius 1 is 0.821 bits per heavy atom. The zero-order chi connectivity index (χ0) is 19.2. The Kier molecular flexibility index (Phi) is 6.04. The van der Waals surface area contributed by atoms with Crippen molar-refractivity contribution in [1.82, 2.24) is 14.8 Å². The van der Waals surface area contributed by atoms with Crippen LogP contribution in [0.5, 0.6) is 0 Å². The molecule has 0 bridgehead atoms. The third-order valence-electron chi connectivity index (χ3n) is 4.17. The quantitative estimate of drug-likeness (QED) is 0.316. The number of hydrogen-bond donors (Lipinski definition) is 0. The number of aromatic nitrogens is 3. The Balaban J connectivity index is 1.62. The highest BCUT2D eigenvalue weighted by Crippen LogP contribution is 2.28. The summed E-state index contributed by atoms with van der Waals surface area (Å²) in [6.07, 6.45) is 4.29. The number of thioether (sulfide) groups is 1. The Bertz CT molecular complexity index is 1060. The molecule has 3 aromatic carbocycles. The molecule has 0 spiro atoms. The second kappa shape index (κ2) is 9.04. The van der Waals surface area contributed by atoms with E-state index in [1.54, 1.807) is 11.8 Å². The molecule has 0 amide bonds. The minimum atomic E-state index is 0.820. The maximum atomic E-state index is 4.48. The summed E-state index contributed by atoms with van der Waals surface area (Å²) in [6, 6.07) is 28.7. The van der Waals surface area contributed by atoms with E-state index in [2.05, 4.69) is 79.2 Å². The molecule has 1 aromatic heterocycles. The summed E-state index contributed by atoms with van der Waals surface area (Å²) in [6.45, 7) is 0. The first kappa shape index (κ1) is 18.7. The normalized spacial score (nSPS) is 11.2. The first-order valence-corrected chi connectivity index (χ1v) is 10.7. The van der Waals surface area contributed by atoms with Crippen molar-refractivity contribution in [3.8, 4) is 17.1 Å². The van der Waals surface area contributed by atoms with Crippen molar-refractivity contribution in [3.63, 3.8) is 0 Å². The Morgan fingerprint density at radius 3 is 2.21 bits per heavy atom. The van der Waals surface area contributed by atoms with Gasteiger partial charge in [0.25, 0.3) is 0 Å². The van der Waals surface area contributed by atoms with E-state index < -0.39 is 0 Å². The molecule has 0 aliphatic carbocycles. The van der Waals surface area contributed by atoms with Gasteiger partial charge in [-0.05, 0) is 29.8 Å². The molecule has 0 saturated heterocycles. The van der Waals surface area contributed by atoms with E-state index in [1.807, 2.05) is 48.5 Å². The van der Waals surface area contributed by atoms with Gasteiger partial charge in [0.1, 0.15) is 0 Å². The average molecular weight is 448 g/mol. The summed E-state index contributed by atoms with van der Waals surface area (Å²) in [7, 11) is 0. The van der Waals surface area contributed by atoms with E-state index in [9.17, 15) is 0 Å². The fourth-order valence-electron chi connectivity index (χ4n) is 2.83. The van der Waals surface area contributed by atoms with Gasteiger partial charge in [-0.2, -0.15) is 0 Å². The second-order valence-electron chi connectivity index (χ2n) is 6.11. The van der Waals surface area contributed by atoms with Gasteiger partial charge in [0.05, 0.1) is 0 Å².